The highest BCUT2D eigenvalue weighted by Crippen LogP contribution is 2.33. The third-order valence-electron chi connectivity index (χ3n) is 3.66. The van der Waals surface area contributed by atoms with Crippen LogP contribution < -0.4 is 5.32 Å². The third-order valence-corrected chi connectivity index (χ3v) is 3.66. The molecule has 2 rings (SSSR count). The largest absolute Gasteiger partial charge is 0.480 e. The minimum absolute atomic E-state index is 0.00184. The Morgan fingerprint density at radius 1 is 1.35 bits per heavy atom. The highest BCUT2D eigenvalue weighted by molar-refractivity contribution is 5.99. The van der Waals surface area contributed by atoms with Crippen molar-refractivity contribution in [3.05, 3.63) is 29.6 Å². The Morgan fingerprint density at radius 2 is 2.00 bits per heavy atom. The van der Waals surface area contributed by atoms with Gasteiger partial charge in [0.15, 0.2) is 6.04 Å². The molecule has 26 heavy (non-hydrogen) atoms. The number of carboxylic acid groups (broad SMARTS) is 1. The van der Waals surface area contributed by atoms with E-state index in [9.17, 15) is 22.8 Å². The first-order valence-electron chi connectivity index (χ1n) is 7.68. The maximum absolute atomic E-state index is 13.2. The number of benzene rings is 1. The molecule has 1 atom stereocenters. The van der Waals surface area contributed by atoms with Crippen molar-refractivity contribution >= 4 is 22.9 Å². The van der Waals surface area contributed by atoms with E-state index >= 15 is 0 Å². The first kappa shape index (κ1) is 19.7. The lowest BCUT2D eigenvalue weighted by Crippen LogP contribution is -2.43. The van der Waals surface area contributed by atoms with E-state index < -0.39 is 36.0 Å². The number of nitrogens with zero attached hydrogens (tertiary/aromatic N) is 2. The molecule has 0 saturated heterocycles. The Balaban J connectivity index is 2.43. The molecule has 1 amide bonds. The number of carbonyl (C=O) groups is 2. The normalized spacial score (nSPS) is 13.2. The van der Waals surface area contributed by atoms with E-state index in [1.807, 2.05) is 0 Å². The number of aliphatic carboxylic acids is 1. The number of aromatic nitrogens is 2. The number of amides is 1. The Hall–Kier alpha value is -2.62. The standard InChI is InChI=1S/C16H18F3N3O4/c1-8(2)22-12-5-4-9(6-10(12)21-15(22)16(17,18)19)13(23)20-11(7-26-3)14(24)25/h4-6,8,11H,7H2,1-3H3,(H,20,23)(H,24,25). The second-order valence-corrected chi connectivity index (χ2v) is 5.92. The van der Waals surface area contributed by atoms with Crippen molar-refractivity contribution in [2.45, 2.75) is 32.1 Å². The van der Waals surface area contributed by atoms with Crippen LogP contribution in [-0.2, 0) is 15.7 Å². The Labute approximate surface area is 146 Å². The van der Waals surface area contributed by atoms with Gasteiger partial charge in [-0.15, -0.1) is 0 Å². The zero-order valence-corrected chi connectivity index (χ0v) is 14.3. The third kappa shape index (κ3) is 3.96. The smallest absolute Gasteiger partial charge is 0.449 e. The van der Waals surface area contributed by atoms with Crippen LogP contribution in [0.5, 0.6) is 0 Å². The van der Waals surface area contributed by atoms with Gasteiger partial charge < -0.3 is 19.7 Å². The van der Waals surface area contributed by atoms with E-state index in [0.29, 0.717) is 0 Å². The number of imidazole rings is 1. The highest BCUT2D eigenvalue weighted by atomic mass is 19.4. The maximum Gasteiger partial charge on any atom is 0.449 e. The fourth-order valence-corrected chi connectivity index (χ4v) is 2.55. The molecule has 1 heterocycles. The van der Waals surface area contributed by atoms with Crippen LogP contribution in [0.15, 0.2) is 18.2 Å². The number of fused-ring (bicyclic) bond motifs is 1. The predicted molar refractivity (Wildman–Crippen MR) is 85.9 cm³/mol. The molecule has 7 nitrogen and oxygen atoms in total. The first-order valence-corrected chi connectivity index (χ1v) is 7.68. The molecule has 0 radical (unpaired) electrons. The molecule has 1 aromatic carbocycles. The molecule has 142 valence electrons. The van der Waals surface area contributed by atoms with Crippen LogP contribution in [0.1, 0.15) is 36.1 Å². The summed E-state index contributed by atoms with van der Waals surface area (Å²) in [6.07, 6.45) is -4.64. The summed E-state index contributed by atoms with van der Waals surface area (Å²) in [4.78, 5) is 26.9. The number of ether oxygens (including phenoxy) is 1. The molecule has 0 aliphatic heterocycles. The second-order valence-electron chi connectivity index (χ2n) is 5.92. The van der Waals surface area contributed by atoms with E-state index in [1.165, 1.54) is 25.3 Å². The summed E-state index contributed by atoms with van der Waals surface area (Å²) >= 11 is 0. The summed E-state index contributed by atoms with van der Waals surface area (Å²) in [6, 6.07) is 2.12. The topological polar surface area (TPSA) is 93.5 Å². The Bertz CT molecular complexity index is 830. The van der Waals surface area contributed by atoms with Crippen molar-refractivity contribution in [2.24, 2.45) is 0 Å². The molecule has 0 fully saturated rings. The molecule has 0 spiro atoms. The molecule has 0 aliphatic rings. The number of halogens is 3. The molecular weight excluding hydrogens is 355 g/mol. The number of rotatable bonds is 6. The summed E-state index contributed by atoms with van der Waals surface area (Å²) in [5.74, 6) is -3.09. The summed E-state index contributed by atoms with van der Waals surface area (Å²) in [5, 5.41) is 11.3. The number of alkyl halides is 3. The van der Waals surface area contributed by atoms with Gasteiger partial charge in [0.2, 0.25) is 5.82 Å². The van der Waals surface area contributed by atoms with Gasteiger partial charge in [0.05, 0.1) is 17.6 Å². The first-order chi connectivity index (χ1) is 12.1. The van der Waals surface area contributed by atoms with Gasteiger partial charge in [-0.05, 0) is 32.0 Å². The van der Waals surface area contributed by atoms with Gasteiger partial charge in [0, 0.05) is 18.7 Å². The minimum atomic E-state index is -4.64. The van der Waals surface area contributed by atoms with Crippen molar-refractivity contribution in [3.8, 4) is 0 Å². The molecular formula is C16H18F3N3O4. The van der Waals surface area contributed by atoms with Crippen molar-refractivity contribution in [1.82, 2.24) is 14.9 Å². The molecule has 1 unspecified atom stereocenters. The SMILES string of the molecule is COCC(NC(=O)c1ccc2c(c1)nc(C(F)(F)F)n2C(C)C)C(=O)O. The van der Waals surface area contributed by atoms with Crippen LogP contribution in [0.3, 0.4) is 0 Å². The fraction of sp³-hybridized carbons (Fsp3) is 0.438. The summed E-state index contributed by atoms with van der Waals surface area (Å²) in [5.41, 5.74) is 0.231. The number of hydrogen-bond donors (Lipinski definition) is 2. The lowest BCUT2D eigenvalue weighted by Gasteiger charge is -2.15. The fourth-order valence-electron chi connectivity index (χ4n) is 2.55. The molecule has 0 bridgehead atoms. The zero-order valence-electron chi connectivity index (χ0n) is 14.3. The number of nitrogens with one attached hydrogen (secondary N) is 1. The van der Waals surface area contributed by atoms with E-state index in [0.717, 1.165) is 4.57 Å². The van der Waals surface area contributed by atoms with Crippen molar-refractivity contribution in [2.75, 3.05) is 13.7 Å². The van der Waals surface area contributed by atoms with Gasteiger partial charge in [-0.25, -0.2) is 9.78 Å². The monoisotopic (exact) mass is 373 g/mol. The van der Waals surface area contributed by atoms with E-state index in [-0.39, 0.29) is 23.2 Å². The molecule has 10 heteroatoms. The molecule has 0 aliphatic carbocycles. The predicted octanol–water partition coefficient (Wildman–Crippen LogP) is 2.47. The van der Waals surface area contributed by atoms with Gasteiger partial charge in [0.25, 0.3) is 5.91 Å². The van der Waals surface area contributed by atoms with Crippen LogP contribution in [0, 0.1) is 0 Å². The Kier molecular flexibility index (Phi) is 5.55. The minimum Gasteiger partial charge on any atom is -0.480 e. The molecule has 2 N–H and O–H groups in total. The van der Waals surface area contributed by atoms with Crippen molar-refractivity contribution in [1.29, 1.82) is 0 Å². The summed E-state index contributed by atoms with van der Waals surface area (Å²) in [6.45, 7) is 2.95. The van der Waals surface area contributed by atoms with Crippen LogP contribution in [-0.4, -0.2) is 46.3 Å². The van der Waals surface area contributed by atoms with E-state index in [4.69, 9.17) is 9.84 Å². The van der Waals surface area contributed by atoms with Crippen LogP contribution >= 0.6 is 0 Å². The van der Waals surface area contributed by atoms with Gasteiger partial charge in [-0.3, -0.25) is 4.79 Å². The van der Waals surface area contributed by atoms with Crippen molar-refractivity contribution in [3.63, 3.8) is 0 Å². The number of carbonyl (C=O) groups excluding carboxylic acids is 1. The zero-order chi connectivity index (χ0) is 19.6. The average molecular weight is 373 g/mol. The number of hydrogen-bond acceptors (Lipinski definition) is 4. The Morgan fingerprint density at radius 3 is 2.50 bits per heavy atom. The lowest BCUT2D eigenvalue weighted by atomic mass is 10.1. The average Bonchev–Trinajstić information content (AvgIpc) is 2.93. The van der Waals surface area contributed by atoms with Gasteiger partial charge >= 0.3 is 12.1 Å². The second kappa shape index (κ2) is 7.32. The molecule has 1 aromatic heterocycles. The number of methoxy groups -OCH3 is 1. The quantitative estimate of drug-likeness (QED) is 0.811. The van der Waals surface area contributed by atoms with Crippen molar-refractivity contribution < 1.29 is 32.6 Å². The summed E-state index contributed by atoms with van der Waals surface area (Å²) in [7, 11) is 1.28. The number of carboxylic acids is 1. The maximum atomic E-state index is 13.2. The van der Waals surface area contributed by atoms with E-state index in [1.54, 1.807) is 13.8 Å². The van der Waals surface area contributed by atoms with Crippen LogP contribution in [0.25, 0.3) is 11.0 Å². The van der Waals surface area contributed by atoms with Gasteiger partial charge in [0.1, 0.15) is 0 Å². The van der Waals surface area contributed by atoms with Crippen LogP contribution in [0.2, 0.25) is 0 Å². The van der Waals surface area contributed by atoms with E-state index in [2.05, 4.69) is 10.3 Å². The highest BCUT2D eigenvalue weighted by Gasteiger charge is 2.38. The van der Waals surface area contributed by atoms with Crippen LogP contribution in [0.4, 0.5) is 13.2 Å². The molecule has 0 saturated carbocycles. The summed E-state index contributed by atoms with van der Waals surface area (Å²) < 4.78 is 45.4. The van der Waals surface area contributed by atoms with Gasteiger partial charge in [-0.1, -0.05) is 0 Å². The molecule has 2 aromatic rings. The van der Waals surface area contributed by atoms with Gasteiger partial charge in [-0.2, -0.15) is 13.2 Å². The lowest BCUT2D eigenvalue weighted by molar-refractivity contribution is -0.147.